The molecule has 1 unspecified atom stereocenters. The molecule has 386 valence electrons. The molecule has 3 aromatic carbocycles. The number of fused-ring (bicyclic) bond motifs is 5. The van der Waals surface area contributed by atoms with E-state index in [4.69, 9.17) is 37.6 Å². The van der Waals surface area contributed by atoms with E-state index in [9.17, 15) is 24.3 Å². The smallest absolute Gasteiger partial charge is 0.338 e. The van der Waals surface area contributed by atoms with E-state index in [1.165, 1.54) is 25.9 Å². The lowest BCUT2D eigenvalue weighted by Gasteiger charge is -2.68. The monoisotopic (exact) mass is 1010 g/mol. The minimum atomic E-state index is -2.64. The van der Waals surface area contributed by atoms with Crippen LogP contribution in [0.3, 0.4) is 0 Å². The molecule has 16 nitrogen and oxygen atoms in total. The van der Waals surface area contributed by atoms with Crippen LogP contribution in [0.5, 0.6) is 0 Å². The maximum Gasteiger partial charge on any atom is 0.338 e. The summed E-state index contributed by atoms with van der Waals surface area (Å²) in [5, 5.41) is 14.3. The van der Waals surface area contributed by atoms with E-state index in [1.54, 1.807) is 119 Å². The van der Waals surface area contributed by atoms with Crippen molar-refractivity contribution in [3.63, 3.8) is 0 Å². The first-order chi connectivity index (χ1) is 34.2. The third-order valence-corrected chi connectivity index (χ3v) is 21.3. The van der Waals surface area contributed by atoms with Crippen LogP contribution in [0, 0.1) is 16.7 Å². The molecule has 8 rings (SSSR count). The highest BCUT2D eigenvalue weighted by Crippen LogP contribution is 2.65. The average Bonchev–Trinajstić information content (AvgIpc) is 3.76. The van der Waals surface area contributed by atoms with Crippen molar-refractivity contribution in [3.05, 3.63) is 119 Å². The Morgan fingerprint density at radius 1 is 0.806 bits per heavy atom. The van der Waals surface area contributed by atoms with Gasteiger partial charge in [0.2, 0.25) is 6.41 Å². The van der Waals surface area contributed by atoms with E-state index in [-0.39, 0.29) is 29.7 Å². The Labute approximate surface area is 421 Å². The quantitative estimate of drug-likeness (QED) is 0.0722. The van der Waals surface area contributed by atoms with Gasteiger partial charge in [0.25, 0.3) is 5.91 Å². The van der Waals surface area contributed by atoms with Crippen molar-refractivity contribution in [2.45, 2.75) is 154 Å². The van der Waals surface area contributed by atoms with Crippen molar-refractivity contribution < 1.29 is 71.5 Å². The van der Waals surface area contributed by atoms with Crippen molar-refractivity contribution in [3.8, 4) is 0 Å². The van der Waals surface area contributed by atoms with Gasteiger partial charge < -0.3 is 42.7 Å². The Balaban J connectivity index is 1.34. The molecule has 0 aromatic heterocycles. The number of hydrogen-bond acceptors (Lipinski definition) is 15. The number of nitrogens with zero attached hydrogens (tertiary/aromatic N) is 1. The molecule has 0 radical (unpaired) electrons. The van der Waals surface area contributed by atoms with Gasteiger partial charge in [0.05, 0.1) is 35.6 Å². The van der Waals surface area contributed by atoms with Crippen LogP contribution < -0.4 is 0 Å². The number of esters is 4. The average molecular weight is 1010 g/mol. The van der Waals surface area contributed by atoms with E-state index in [1.807, 2.05) is 0 Å². The second kappa shape index (κ2) is 20.0. The molecule has 2 saturated heterocycles. The number of carbonyl (C=O) groups is 6. The summed E-state index contributed by atoms with van der Waals surface area (Å²) in [6.45, 7) is 15.0. The Hall–Kier alpha value is -5.56. The summed E-state index contributed by atoms with van der Waals surface area (Å²) in [5.74, 6) is -5.87. The molecule has 72 heavy (non-hydrogen) atoms. The lowest BCUT2D eigenvalue weighted by Crippen LogP contribution is -2.82. The van der Waals surface area contributed by atoms with Gasteiger partial charge in [-0.2, -0.15) is 0 Å². The van der Waals surface area contributed by atoms with Gasteiger partial charge in [-0.3, -0.25) is 24.1 Å². The van der Waals surface area contributed by atoms with Gasteiger partial charge in [0.15, 0.2) is 31.9 Å². The first-order valence-electron chi connectivity index (χ1n) is 24.9. The molecule has 4 fully saturated rings. The number of ketones is 1. The molecule has 5 aliphatic rings. The van der Waals surface area contributed by atoms with Gasteiger partial charge >= 0.3 is 23.9 Å². The lowest BCUT2D eigenvalue weighted by molar-refractivity contribution is -0.344. The van der Waals surface area contributed by atoms with E-state index >= 15 is 9.59 Å². The largest absolute Gasteiger partial charge is 0.456 e. The zero-order chi connectivity index (χ0) is 52.1. The van der Waals surface area contributed by atoms with Gasteiger partial charge in [-0.05, 0) is 73.0 Å². The Morgan fingerprint density at radius 3 is 1.92 bits per heavy atom. The maximum atomic E-state index is 16.5. The first kappa shape index (κ1) is 52.8. The number of aliphatic hydroxyl groups is 1. The third kappa shape index (κ3) is 8.62. The summed E-state index contributed by atoms with van der Waals surface area (Å²) in [7, 11) is -1.29. The molecular weight excluding hydrogens is 943 g/mol. The van der Waals surface area contributed by atoms with Crippen molar-refractivity contribution in [2.75, 3.05) is 13.7 Å². The normalized spacial score (nSPS) is 32.7. The van der Waals surface area contributed by atoms with E-state index in [0.29, 0.717) is 29.3 Å². The molecule has 17 heteroatoms. The Kier molecular flexibility index (Phi) is 14.7. The second-order valence-corrected chi connectivity index (χ2v) is 25.3. The minimum Gasteiger partial charge on any atom is -0.456 e. The SMILES string of the molecule is CC[Si](CC)(CC)O[C@H]1C[C@H]2OC[C@@]2(OC(C)=O)[C@H]2[C@H](OC(=O)c3ccccc3)[C@]3(O)C[C@H](OC(=O)[C@@H]4OC(OC)N(C(=O)c5ccccc5)[C@@H]4c4ccccc4)C(C)=C([C@@H](OC(C)=O)C(=O)[C@]12C)C3(C)C. The van der Waals surface area contributed by atoms with Gasteiger partial charge in [0, 0.05) is 44.8 Å². The standard InChI is InChI=1S/C55H67NO15Si/c1-11-72(12-2,13-3)71-39-29-40-54(31-65-40,70-34(6)58)45-47(69-49(61)37-27-21-16-22-28-37)55(63)30-38(32(4)41(52(55,7)8)43(66-33(5)57)46(59)53(39,45)9)67-50(62)44-42(35-23-17-14-18-24-35)56(51(64-10)68-44)48(60)36-25-19-15-20-26-36/h14-28,38-40,42-45,47,51,63H,11-13,29-31H2,1-10H3/t38-,39-,40+,42+,43+,44+,45-,47-,51?,53+,54-,55+/m0/s1. The van der Waals surface area contributed by atoms with E-state index in [2.05, 4.69) is 20.8 Å². The highest BCUT2D eigenvalue weighted by Gasteiger charge is 2.79. The summed E-state index contributed by atoms with van der Waals surface area (Å²) in [6, 6.07) is 26.4. The summed E-state index contributed by atoms with van der Waals surface area (Å²) in [5.41, 5.74) is -6.09. The zero-order valence-corrected chi connectivity index (χ0v) is 43.7. The van der Waals surface area contributed by atoms with Crippen LogP contribution in [0.25, 0.3) is 0 Å². The molecule has 3 aliphatic carbocycles. The molecule has 1 N–H and O–H groups in total. The molecule has 2 saturated carbocycles. The summed E-state index contributed by atoms with van der Waals surface area (Å²) >= 11 is 0. The second-order valence-electron chi connectivity index (χ2n) is 20.5. The number of Topliss-reactive ketones (excluding diaryl/α,β-unsaturated/α-hetero) is 1. The third-order valence-electron chi connectivity index (χ3n) is 16.6. The van der Waals surface area contributed by atoms with Crippen molar-refractivity contribution in [1.82, 2.24) is 4.90 Å². The summed E-state index contributed by atoms with van der Waals surface area (Å²) in [6.07, 6.45) is -9.94. The van der Waals surface area contributed by atoms with Crippen LogP contribution in [-0.2, 0) is 56.8 Å². The van der Waals surface area contributed by atoms with E-state index in [0.717, 1.165) is 0 Å². The van der Waals surface area contributed by atoms with E-state index < -0.39 is 127 Å². The van der Waals surface area contributed by atoms with Crippen LogP contribution in [0.2, 0.25) is 18.1 Å². The minimum absolute atomic E-state index is 0.0865. The van der Waals surface area contributed by atoms with Gasteiger partial charge in [-0.15, -0.1) is 0 Å². The molecule has 2 bridgehead atoms. The fraction of sp³-hybridized carbons (Fsp3) is 0.527. The number of methoxy groups -OCH3 is 1. The van der Waals surface area contributed by atoms with Crippen LogP contribution in [0.1, 0.15) is 107 Å². The fourth-order valence-electron chi connectivity index (χ4n) is 12.5. The number of rotatable bonds is 14. The molecular formula is C55H67NO15Si. The molecule has 1 amide bonds. The predicted octanol–water partition coefficient (Wildman–Crippen LogP) is 7.45. The highest BCUT2D eigenvalue weighted by molar-refractivity contribution is 6.73. The van der Waals surface area contributed by atoms with Crippen LogP contribution in [0.15, 0.2) is 102 Å². The van der Waals surface area contributed by atoms with Crippen molar-refractivity contribution in [2.24, 2.45) is 16.7 Å². The highest BCUT2D eigenvalue weighted by atomic mass is 28.4. The van der Waals surface area contributed by atoms with Gasteiger partial charge in [0.1, 0.15) is 23.9 Å². The molecule has 2 heterocycles. The molecule has 12 atom stereocenters. The Morgan fingerprint density at radius 2 is 1.39 bits per heavy atom. The number of ether oxygens (including phenoxy) is 7. The predicted molar refractivity (Wildman–Crippen MR) is 262 cm³/mol. The van der Waals surface area contributed by atoms with Gasteiger partial charge in [-0.25, -0.2) is 9.59 Å². The topological polar surface area (TPSA) is 200 Å². The summed E-state index contributed by atoms with van der Waals surface area (Å²) < 4.78 is 51.5. The van der Waals surface area contributed by atoms with Crippen molar-refractivity contribution in [1.29, 1.82) is 0 Å². The number of hydrogen-bond donors (Lipinski definition) is 1. The zero-order valence-electron chi connectivity index (χ0n) is 42.7. The lowest BCUT2D eigenvalue weighted by atomic mass is 9.44. The Bertz CT molecular complexity index is 2580. The number of carbonyl (C=O) groups excluding carboxylic acids is 6. The number of benzene rings is 3. The summed E-state index contributed by atoms with van der Waals surface area (Å²) in [4.78, 5) is 89.1. The van der Waals surface area contributed by atoms with Crippen LogP contribution in [0.4, 0.5) is 0 Å². The van der Waals surface area contributed by atoms with Gasteiger partial charge in [-0.1, -0.05) is 101 Å². The number of amides is 1. The first-order valence-corrected chi connectivity index (χ1v) is 27.4. The maximum absolute atomic E-state index is 16.5. The molecule has 3 aromatic rings. The fourth-order valence-corrected chi connectivity index (χ4v) is 15.5. The van der Waals surface area contributed by atoms with Crippen LogP contribution in [-0.4, -0.2) is 122 Å². The van der Waals surface area contributed by atoms with Crippen LogP contribution >= 0.6 is 0 Å². The molecule has 2 aliphatic heterocycles. The molecule has 0 spiro atoms. The van der Waals surface area contributed by atoms with Crippen molar-refractivity contribution >= 4 is 43.9 Å².